The van der Waals surface area contributed by atoms with Crippen LogP contribution in [0.2, 0.25) is 0 Å². The Hall–Kier alpha value is -2.41. The first-order valence-electron chi connectivity index (χ1n) is 11.7. The van der Waals surface area contributed by atoms with Gasteiger partial charge in [-0.15, -0.1) is 0 Å². The normalized spacial score (nSPS) is 13.2. The summed E-state index contributed by atoms with van der Waals surface area (Å²) in [6.45, 7) is 11.0. The molecule has 0 saturated heterocycles. The van der Waals surface area contributed by atoms with E-state index in [4.69, 9.17) is 0 Å². The molecule has 0 nitrogen and oxygen atoms in total. The maximum absolute atomic E-state index is 14.6. The molecule has 0 aliphatic rings. The topological polar surface area (TPSA) is 0 Å². The number of rotatable bonds is 11. The largest absolute Gasteiger partial charge is 0.206 e. The van der Waals surface area contributed by atoms with Gasteiger partial charge in [0.1, 0.15) is 5.82 Å². The SMILES string of the molecule is CC(C)=CCCC(C)=CCCC(C)=CCCC(C)c1ccc(-c2ccccc2)c(F)c1. The summed E-state index contributed by atoms with van der Waals surface area (Å²) in [4.78, 5) is 0. The molecule has 0 N–H and O–H groups in total. The Labute approximate surface area is 189 Å². The third-order valence-corrected chi connectivity index (χ3v) is 5.86. The lowest BCUT2D eigenvalue weighted by molar-refractivity contribution is 0.619. The van der Waals surface area contributed by atoms with Crippen LogP contribution in [0.5, 0.6) is 0 Å². The number of halogens is 1. The molecule has 0 aliphatic heterocycles. The van der Waals surface area contributed by atoms with Gasteiger partial charge in [0.05, 0.1) is 0 Å². The van der Waals surface area contributed by atoms with Crippen molar-refractivity contribution in [3.63, 3.8) is 0 Å². The zero-order chi connectivity index (χ0) is 22.6. The Morgan fingerprint density at radius 1 is 0.806 bits per heavy atom. The highest BCUT2D eigenvalue weighted by molar-refractivity contribution is 5.64. The van der Waals surface area contributed by atoms with Crippen molar-refractivity contribution in [2.75, 3.05) is 0 Å². The number of hydrogen-bond acceptors (Lipinski definition) is 0. The fourth-order valence-electron chi connectivity index (χ4n) is 3.77. The first kappa shape index (κ1) is 24.9. The van der Waals surface area contributed by atoms with Gasteiger partial charge in [-0.25, -0.2) is 4.39 Å². The summed E-state index contributed by atoms with van der Waals surface area (Å²) >= 11 is 0. The predicted octanol–water partition coefficient (Wildman–Crippen LogP) is 9.80. The van der Waals surface area contributed by atoms with E-state index in [0.717, 1.165) is 49.7 Å². The van der Waals surface area contributed by atoms with Gasteiger partial charge in [0.15, 0.2) is 0 Å². The third kappa shape index (κ3) is 9.09. The minimum Gasteiger partial charge on any atom is -0.206 e. The Morgan fingerprint density at radius 2 is 1.42 bits per heavy atom. The molecule has 1 heteroatoms. The Kier molecular flexibility index (Phi) is 10.5. The molecule has 0 aromatic heterocycles. The van der Waals surface area contributed by atoms with Crippen LogP contribution in [0.25, 0.3) is 11.1 Å². The minimum atomic E-state index is -0.131. The summed E-state index contributed by atoms with van der Waals surface area (Å²) in [5, 5.41) is 0. The maximum Gasteiger partial charge on any atom is 0.131 e. The van der Waals surface area contributed by atoms with Crippen LogP contribution in [0.15, 0.2) is 83.5 Å². The first-order valence-corrected chi connectivity index (χ1v) is 11.7. The fraction of sp³-hybridized carbons (Fsp3) is 0.400. The number of allylic oxidation sites excluding steroid dienone is 6. The van der Waals surface area contributed by atoms with E-state index < -0.39 is 0 Å². The van der Waals surface area contributed by atoms with Gasteiger partial charge in [-0.2, -0.15) is 0 Å². The van der Waals surface area contributed by atoms with Crippen LogP contribution in [0.1, 0.15) is 84.6 Å². The second-order valence-electron chi connectivity index (χ2n) is 9.04. The average Bonchev–Trinajstić information content (AvgIpc) is 2.74. The van der Waals surface area contributed by atoms with Crippen LogP contribution in [0, 0.1) is 5.82 Å². The Morgan fingerprint density at radius 3 is 2.03 bits per heavy atom. The molecule has 31 heavy (non-hydrogen) atoms. The van der Waals surface area contributed by atoms with Crippen molar-refractivity contribution in [2.24, 2.45) is 0 Å². The van der Waals surface area contributed by atoms with Gasteiger partial charge < -0.3 is 0 Å². The standard InChI is InChI=1S/C30H39F/c1-23(2)12-9-13-24(3)14-10-15-25(4)16-11-17-26(5)28-20-21-29(30(31)22-28)27-18-7-6-8-19-27/h6-8,12,14,16,18-22,26H,9-11,13,15,17H2,1-5H3. The zero-order valence-electron chi connectivity index (χ0n) is 20.0. The lowest BCUT2D eigenvalue weighted by Crippen LogP contribution is -1.95. The molecule has 0 heterocycles. The van der Waals surface area contributed by atoms with Gasteiger partial charge in [0.2, 0.25) is 0 Å². The summed E-state index contributed by atoms with van der Waals surface area (Å²) in [6.07, 6.45) is 13.7. The second kappa shape index (κ2) is 13.1. The molecule has 0 fully saturated rings. The van der Waals surface area contributed by atoms with E-state index in [1.165, 1.54) is 16.7 Å². The molecule has 2 rings (SSSR count). The number of benzene rings is 2. The van der Waals surface area contributed by atoms with Crippen LogP contribution in [-0.2, 0) is 0 Å². The van der Waals surface area contributed by atoms with Crippen molar-refractivity contribution in [1.29, 1.82) is 0 Å². The van der Waals surface area contributed by atoms with Crippen molar-refractivity contribution < 1.29 is 4.39 Å². The molecule has 2 aromatic rings. The van der Waals surface area contributed by atoms with Gasteiger partial charge in [0.25, 0.3) is 0 Å². The highest BCUT2D eigenvalue weighted by Crippen LogP contribution is 2.28. The summed E-state index contributed by atoms with van der Waals surface area (Å²) in [5.74, 6) is 0.217. The highest BCUT2D eigenvalue weighted by Gasteiger charge is 2.10. The van der Waals surface area contributed by atoms with Crippen molar-refractivity contribution in [1.82, 2.24) is 0 Å². The third-order valence-electron chi connectivity index (χ3n) is 5.86. The van der Waals surface area contributed by atoms with Gasteiger partial charge in [-0.3, -0.25) is 0 Å². The van der Waals surface area contributed by atoms with Crippen LogP contribution in [-0.4, -0.2) is 0 Å². The predicted molar refractivity (Wildman–Crippen MR) is 135 cm³/mol. The molecule has 0 radical (unpaired) electrons. The number of hydrogen-bond donors (Lipinski definition) is 0. The molecular weight excluding hydrogens is 379 g/mol. The zero-order valence-corrected chi connectivity index (χ0v) is 20.0. The van der Waals surface area contributed by atoms with Gasteiger partial charge in [0, 0.05) is 5.56 Å². The fourth-order valence-corrected chi connectivity index (χ4v) is 3.77. The van der Waals surface area contributed by atoms with Gasteiger partial charge >= 0.3 is 0 Å². The maximum atomic E-state index is 14.6. The molecule has 2 aromatic carbocycles. The molecule has 0 saturated carbocycles. The van der Waals surface area contributed by atoms with Crippen LogP contribution in [0.3, 0.4) is 0 Å². The molecule has 166 valence electrons. The average molecular weight is 419 g/mol. The molecule has 1 unspecified atom stereocenters. The summed E-state index contributed by atoms with van der Waals surface area (Å²) in [5.41, 5.74) is 7.02. The summed E-state index contributed by atoms with van der Waals surface area (Å²) in [6, 6.07) is 15.5. The van der Waals surface area contributed by atoms with E-state index in [9.17, 15) is 4.39 Å². The van der Waals surface area contributed by atoms with E-state index in [1.54, 1.807) is 6.07 Å². The van der Waals surface area contributed by atoms with Crippen LogP contribution in [0.4, 0.5) is 4.39 Å². The molecule has 0 spiro atoms. The van der Waals surface area contributed by atoms with Crippen molar-refractivity contribution >= 4 is 0 Å². The summed E-state index contributed by atoms with van der Waals surface area (Å²) < 4.78 is 14.6. The molecule has 1 atom stereocenters. The smallest absolute Gasteiger partial charge is 0.131 e. The molecular formula is C30H39F. The van der Waals surface area contributed by atoms with E-state index in [1.807, 2.05) is 36.4 Å². The van der Waals surface area contributed by atoms with Crippen LogP contribution < -0.4 is 0 Å². The Bertz CT molecular complexity index is 895. The molecule has 0 bridgehead atoms. The van der Waals surface area contributed by atoms with Crippen LogP contribution >= 0.6 is 0 Å². The highest BCUT2D eigenvalue weighted by atomic mass is 19.1. The minimum absolute atomic E-state index is 0.131. The Balaban J connectivity index is 1.80. The summed E-state index contributed by atoms with van der Waals surface area (Å²) in [7, 11) is 0. The lowest BCUT2D eigenvalue weighted by atomic mass is 9.93. The quantitative estimate of drug-likeness (QED) is 0.318. The van der Waals surface area contributed by atoms with E-state index >= 15 is 0 Å². The van der Waals surface area contributed by atoms with E-state index in [0.29, 0.717) is 11.5 Å². The van der Waals surface area contributed by atoms with Gasteiger partial charge in [-0.1, -0.05) is 84.3 Å². The monoisotopic (exact) mass is 418 g/mol. The molecule has 0 amide bonds. The van der Waals surface area contributed by atoms with Crippen molar-refractivity contribution in [3.05, 3.63) is 94.9 Å². The van der Waals surface area contributed by atoms with E-state index in [-0.39, 0.29) is 5.82 Å². The van der Waals surface area contributed by atoms with E-state index in [2.05, 4.69) is 58.9 Å². The lowest BCUT2D eigenvalue weighted by Gasteiger charge is -2.13. The molecule has 0 aliphatic carbocycles. The van der Waals surface area contributed by atoms with Crippen molar-refractivity contribution in [3.8, 4) is 11.1 Å². The van der Waals surface area contributed by atoms with Gasteiger partial charge in [-0.05, 0) is 89.3 Å². The van der Waals surface area contributed by atoms with Crippen molar-refractivity contribution in [2.45, 2.75) is 79.1 Å². The second-order valence-corrected chi connectivity index (χ2v) is 9.04. The first-order chi connectivity index (χ1) is 14.9.